The fourth-order valence-electron chi connectivity index (χ4n) is 1.38. The summed E-state index contributed by atoms with van der Waals surface area (Å²) in [6.45, 7) is 0.325. The minimum Gasteiger partial charge on any atom is -0.454 e. The molecule has 3 nitrogen and oxygen atoms in total. The van der Waals surface area contributed by atoms with E-state index < -0.39 is 0 Å². The Morgan fingerprint density at radius 3 is 3.00 bits per heavy atom. The van der Waals surface area contributed by atoms with E-state index in [-0.39, 0.29) is 0 Å². The molecule has 0 unspecified atom stereocenters. The van der Waals surface area contributed by atoms with Crippen molar-refractivity contribution in [3.63, 3.8) is 0 Å². The Balaban J connectivity index is 2.38. The number of nitrogens with one attached hydrogen (secondary N) is 1. The van der Waals surface area contributed by atoms with Gasteiger partial charge in [-0.05, 0) is 12.1 Å². The minimum absolute atomic E-state index is 0.325. The number of aromatic amines is 1. The maximum atomic E-state index is 5.23. The van der Waals surface area contributed by atoms with Crippen LogP contribution in [0.2, 0.25) is 0 Å². The highest BCUT2D eigenvalue weighted by Crippen LogP contribution is 2.35. The Bertz CT molecular complexity index is 395. The third-order valence-corrected chi connectivity index (χ3v) is 1.98. The van der Waals surface area contributed by atoms with Crippen molar-refractivity contribution in [1.29, 1.82) is 0 Å². The van der Waals surface area contributed by atoms with E-state index in [1.165, 1.54) is 0 Å². The van der Waals surface area contributed by atoms with Crippen molar-refractivity contribution < 1.29 is 9.47 Å². The highest BCUT2D eigenvalue weighted by Gasteiger charge is 2.13. The molecule has 0 spiro atoms. The van der Waals surface area contributed by atoms with Gasteiger partial charge in [-0.25, -0.2) is 0 Å². The lowest BCUT2D eigenvalue weighted by molar-refractivity contribution is 0.174. The summed E-state index contributed by atoms with van der Waals surface area (Å²) < 4.78 is 10.4. The average Bonchev–Trinajstić information content (AvgIpc) is 2.64. The van der Waals surface area contributed by atoms with E-state index in [0.717, 1.165) is 22.4 Å². The van der Waals surface area contributed by atoms with Crippen LogP contribution in [0, 0.1) is 6.20 Å². The summed E-state index contributed by atoms with van der Waals surface area (Å²) in [4.78, 5) is 2.99. The quantitative estimate of drug-likeness (QED) is 0.636. The van der Waals surface area contributed by atoms with E-state index in [9.17, 15) is 0 Å². The molecule has 12 heavy (non-hydrogen) atoms. The smallest absolute Gasteiger partial charge is 0.231 e. The van der Waals surface area contributed by atoms with Crippen LogP contribution < -0.4 is 9.47 Å². The van der Waals surface area contributed by atoms with Crippen molar-refractivity contribution >= 4 is 10.9 Å². The predicted molar refractivity (Wildman–Crippen MR) is 43.3 cm³/mol. The Hall–Kier alpha value is -1.64. The van der Waals surface area contributed by atoms with Crippen molar-refractivity contribution in [3.8, 4) is 11.5 Å². The molecular weight excluding hydrogens is 154 g/mol. The summed E-state index contributed by atoms with van der Waals surface area (Å²) in [7, 11) is 0. The largest absolute Gasteiger partial charge is 0.454 e. The molecule has 1 aromatic heterocycles. The van der Waals surface area contributed by atoms with Crippen LogP contribution in [-0.2, 0) is 0 Å². The van der Waals surface area contributed by atoms with Gasteiger partial charge in [0.15, 0.2) is 11.5 Å². The second-order valence-corrected chi connectivity index (χ2v) is 2.71. The standard InChI is InChI=1S/C9H6NO2/c1-2-10-7-4-9-8(3-6(1)7)11-5-12-9/h1,3-4,10H,5H2. The second-order valence-electron chi connectivity index (χ2n) is 2.71. The molecule has 0 atom stereocenters. The molecular formula is C9H6NO2. The second kappa shape index (κ2) is 1.94. The van der Waals surface area contributed by atoms with Crippen LogP contribution in [0.15, 0.2) is 18.2 Å². The van der Waals surface area contributed by atoms with Gasteiger partial charge in [0.2, 0.25) is 6.79 Å². The zero-order valence-corrected chi connectivity index (χ0v) is 6.26. The Labute approximate surface area is 68.9 Å². The number of aromatic nitrogens is 1. The van der Waals surface area contributed by atoms with Crippen molar-refractivity contribution in [2.45, 2.75) is 0 Å². The molecule has 0 saturated heterocycles. The predicted octanol–water partition coefficient (Wildman–Crippen LogP) is 1.70. The van der Waals surface area contributed by atoms with Gasteiger partial charge in [-0.15, -0.1) is 0 Å². The molecule has 1 aromatic carbocycles. The molecule has 0 amide bonds. The maximum absolute atomic E-state index is 5.23. The fraction of sp³-hybridized carbons (Fsp3) is 0.111. The first-order valence-electron chi connectivity index (χ1n) is 3.72. The lowest BCUT2D eigenvalue weighted by atomic mass is 10.2. The number of hydrogen-bond donors (Lipinski definition) is 1. The van der Waals surface area contributed by atoms with E-state index in [1.54, 1.807) is 0 Å². The number of fused-ring (bicyclic) bond motifs is 2. The molecule has 1 N–H and O–H groups in total. The molecule has 59 valence electrons. The van der Waals surface area contributed by atoms with Crippen LogP contribution in [-0.4, -0.2) is 11.8 Å². The van der Waals surface area contributed by atoms with Gasteiger partial charge < -0.3 is 14.5 Å². The first-order valence-corrected chi connectivity index (χ1v) is 3.72. The van der Waals surface area contributed by atoms with Crippen LogP contribution in [0.5, 0.6) is 11.5 Å². The van der Waals surface area contributed by atoms with Gasteiger partial charge in [-0.1, -0.05) is 0 Å². The molecule has 3 heteroatoms. The lowest BCUT2D eigenvalue weighted by Gasteiger charge is -1.94. The zero-order chi connectivity index (χ0) is 7.97. The summed E-state index contributed by atoms with van der Waals surface area (Å²) in [5.41, 5.74) is 1.03. The van der Waals surface area contributed by atoms with E-state index in [0.29, 0.717) is 6.79 Å². The van der Waals surface area contributed by atoms with Crippen LogP contribution in [0.3, 0.4) is 0 Å². The Morgan fingerprint density at radius 1 is 1.25 bits per heavy atom. The summed E-state index contributed by atoms with van der Waals surface area (Å²) in [6, 6.07) is 5.76. The molecule has 2 heterocycles. The third kappa shape index (κ3) is 0.652. The topological polar surface area (TPSA) is 34.2 Å². The maximum Gasteiger partial charge on any atom is 0.231 e. The number of H-pyrrole nitrogens is 1. The van der Waals surface area contributed by atoms with Crippen LogP contribution in [0.1, 0.15) is 0 Å². The normalized spacial score (nSPS) is 14.0. The SMILES string of the molecule is [c]1cc2cc3c(cc2[nH]1)OCO3. The molecule has 2 aromatic rings. The van der Waals surface area contributed by atoms with Gasteiger partial charge >= 0.3 is 0 Å². The van der Waals surface area contributed by atoms with Gasteiger partial charge in [0.1, 0.15) is 0 Å². The van der Waals surface area contributed by atoms with E-state index in [2.05, 4.69) is 11.2 Å². The molecule has 0 aliphatic carbocycles. The van der Waals surface area contributed by atoms with Crippen molar-refractivity contribution in [3.05, 3.63) is 24.4 Å². The van der Waals surface area contributed by atoms with Crippen molar-refractivity contribution in [2.24, 2.45) is 0 Å². The number of ether oxygens (including phenoxy) is 2. The summed E-state index contributed by atoms with van der Waals surface area (Å²) in [5, 5.41) is 1.10. The van der Waals surface area contributed by atoms with Crippen molar-refractivity contribution in [1.82, 2.24) is 4.98 Å². The monoisotopic (exact) mass is 160 g/mol. The molecule has 3 rings (SSSR count). The molecule has 0 saturated carbocycles. The van der Waals surface area contributed by atoms with E-state index >= 15 is 0 Å². The fourth-order valence-corrected chi connectivity index (χ4v) is 1.38. The third-order valence-electron chi connectivity index (χ3n) is 1.98. The van der Waals surface area contributed by atoms with Crippen LogP contribution in [0.25, 0.3) is 10.9 Å². The molecule has 1 aliphatic heterocycles. The van der Waals surface area contributed by atoms with Gasteiger partial charge in [0.05, 0.1) is 6.20 Å². The molecule has 1 radical (unpaired) electrons. The number of hydrogen-bond acceptors (Lipinski definition) is 2. The van der Waals surface area contributed by atoms with Gasteiger partial charge in [-0.2, -0.15) is 0 Å². The first-order chi connectivity index (χ1) is 5.93. The highest BCUT2D eigenvalue weighted by atomic mass is 16.7. The van der Waals surface area contributed by atoms with Crippen LogP contribution in [0.4, 0.5) is 0 Å². The van der Waals surface area contributed by atoms with E-state index in [1.807, 2.05) is 18.2 Å². The highest BCUT2D eigenvalue weighted by molar-refractivity contribution is 5.83. The molecule has 1 aliphatic rings. The molecule has 0 bridgehead atoms. The lowest BCUT2D eigenvalue weighted by Crippen LogP contribution is -1.92. The first kappa shape index (κ1) is 5.94. The van der Waals surface area contributed by atoms with Gasteiger partial charge in [0.25, 0.3) is 0 Å². The van der Waals surface area contributed by atoms with Crippen LogP contribution >= 0.6 is 0 Å². The van der Waals surface area contributed by atoms with E-state index in [4.69, 9.17) is 9.47 Å². The van der Waals surface area contributed by atoms with Crippen molar-refractivity contribution in [2.75, 3.05) is 6.79 Å². The summed E-state index contributed by atoms with van der Waals surface area (Å²) >= 11 is 0. The Morgan fingerprint density at radius 2 is 2.08 bits per heavy atom. The Kier molecular flexibility index (Phi) is 0.961. The van der Waals surface area contributed by atoms with Gasteiger partial charge in [-0.3, -0.25) is 0 Å². The number of benzene rings is 1. The summed E-state index contributed by atoms with van der Waals surface area (Å²) in [5.74, 6) is 1.62. The molecule has 0 fully saturated rings. The summed E-state index contributed by atoms with van der Waals surface area (Å²) in [6.07, 6.45) is 2.90. The average molecular weight is 160 g/mol. The van der Waals surface area contributed by atoms with Gasteiger partial charge in [0, 0.05) is 17.0 Å². The number of rotatable bonds is 0. The zero-order valence-electron chi connectivity index (χ0n) is 6.26. The minimum atomic E-state index is 0.325.